The number of amides is 1. The van der Waals surface area contributed by atoms with E-state index in [9.17, 15) is 15.2 Å². The zero-order valence-electron chi connectivity index (χ0n) is 15.7. The van der Waals surface area contributed by atoms with Crippen molar-refractivity contribution >= 4 is 11.6 Å². The molecule has 4 saturated carbocycles. The Balaban J connectivity index is 1.42. The van der Waals surface area contributed by atoms with Gasteiger partial charge in [0.2, 0.25) is 0 Å². The van der Waals surface area contributed by atoms with E-state index in [-0.39, 0.29) is 17.4 Å². The van der Waals surface area contributed by atoms with Gasteiger partial charge >= 0.3 is 0 Å². The van der Waals surface area contributed by atoms with Gasteiger partial charge in [0.1, 0.15) is 17.4 Å². The molecule has 1 aromatic rings. The fourth-order valence-corrected chi connectivity index (χ4v) is 5.98. The van der Waals surface area contributed by atoms with Gasteiger partial charge in [-0.25, -0.2) is 0 Å². The van der Waals surface area contributed by atoms with Crippen LogP contribution in [0, 0.1) is 34.5 Å². The summed E-state index contributed by atoms with van der Waals surface area (Å²) in [6, 6.07) is 8.47. The maximum atomic E-state index is 12.4. The summed E-state index contributed by atoms with van der Waals surface area (Å²) < 4.78 is 0. The van der Waals surface area contributed by atoms with Crippen LogP contribution in [0.15, 0.2) is 36.0 Å². The lowest BCUT2D eigenvalue weighted by Gasteiger charge is -2.59. The predicted molar refractivity (Wildman–Crippen MR) is 104 cm³/mol. The van der Waals surface area contributed by atoms with Crippen LogP contribution in [-0.2, 0) is 4.79 Å². The minimum atomic E-state index is -0.437. The van der Waals surface area contributed by atoms with Crippen LogP contribution in [0.25, 0.3) is 0 Å². The molecule has 5 heteroatoms. The molecule has 0 aromatic heterocycles. The van der Waals surface area contributed by atoms with Gasteiger partial charge in [0, 0.05) is 17.9 Å². The smallest absolute Gasteiger partial charge is 0.267 e. The van der Waals surface area contributed by atoms with Gasteiger partial charge < -0.3 is 15.7 Å². The fraction of sp³-hybridized carbons (Fsp3) is 0.545. The SMILES string of the molecule is CC(N/C=C(/C#N)C(=O)Nc1ccc(O)cc1)C12CC3CC(CC(C3)C1)C2. The van der Waals surface area contributed by atoms with Crippen LogP contribution in [-0.4, -0.2) is 17.1 Å². The van der Waals surface area contributed by atoms with Crippen molar-refractivity contribution < 1.29 is 9.90 Å². The number of carbonyl (C=O) groups excluding carboxylic acids is 1. The second-order valence-electron chi connectivity index (χ2n) is 8.84. The Morgan fingerprint density at radius 3 is 2.26 bits per heavy atom. The Hall–Kier alpha value is -2.48. The highest BCUT2D eigenvalue weighted by Gasteiger charge is 2.52. The maximum Gasteiger partial charge on any atom is 0.267 e. The monoisotopic (exact) mass is 365 g/mol. The van der Waals surface area contributed by atoms with Gasteiger partial charge in [-0.05, 0) is 92.9 Å². The molecular weight excluding hydrogens is 338 g/mol. The molecular formula is C22H27N3O2. The van der Waals surface area contributed by atoms with Crippen molar-refractivity contribution in [2.24, 2.45) is 23.2 Å². The highest BCUT2D eigenvalue weighted by molar-refractivity contribution is 6.06. The number of nitrogens with one attached hydrogen (secondary N) is 2. The number of hydrogen-bond donors (Lipinski definition) is 3. The lowest BCUT2D eigenvalue weighted by atomic mass is 9.48. The largest absolute Gasteiger partial charge is 0.508 e. The normalized spacial score (nSPS) is 32.6. The summed E-state index contributed by atoms with van der Waals surface area (Å²) >= 11 is 0. The van der Waals surface area contributed by atoms with Crippen LogP contribution in [0.1, 0.15) is 45.4 Å². The first-order valence-electron chi connectivity index (χ1n) is 9.94. The molecule has 1 atom stereocenters. The molecule has 142 valence electrons. The first-order chi connectivity index (χ1) is 13.0. The maximum absolute atomic E-state index is 12.4. The number of rotatable bonds is 5. The van der Waals surface area contributed by atoms with Crippen LogP contribution in [0.2, 0.25) is 0 Å². The molecule has 0 aliphatic heterocycles. The Bertz CT molecular complexity index is 755. The molecule has 0 radical (unpaired) electrons. The van der Waals surface area contributed by atoms with Crippen molar-refractivity contribution in [1.29, 1.82) is 5.26 Å². The number of carbonyl (C=O) groups is 1. The Labute approximate surface area is 160 Å². The summed E-state index contributed by atoms with van der Waals surface area (Å²) in [6.07, 6.45) is 9.63. The van der Waals surface area contributed by atoms with Crippen LogP contribution in [0.4, 0.5) is 5.69 Å². The standard InChI is InChI=1S/C22H27N3O2/c1-14(22-9-15-6-16(10-22)8-17(7-15)11-22)24-13-18(12-23)21(27)25-19-2-4-20(26)5-3-19/h2-5,13-17,24,26H,6-11H2,1H3,(H,25,27)/b18-13-. The van der Waals surface area contributed by atoms with E-state index in [1.165, 1.54) is 50.7 Å². The van der Waals surface area contributed by atoms with E-state index in [1.807, 2.05) is 6.07 Å². The number of nitriles is 1. The molecule has 4 bridgehead atoms. The summed E-state index contributed by atoms with van der Waals surface area (Å²) in [7, 11) is 0. The van der Waals surface area contributed by atoms with Crippen molar-refractivity contribution in [2.45, 2.75) is 51.5 Å². The van der Waals surface area contributed by atoms with Crippen molar-refractivity contribution in [2.75, 3.05) is 5.32 Å². The van der Waals surface area contributed by atoms with Crippen molar-refractivity contribution in [3.05, 3.63) is 36.0 Å². The minimum Gasteiger partial charge on any atom is -0.508 e. The zero-order chi connectivity index (χ0) is 19.0. The van der Waals surface area contributed by atoms with Gasteiger partial charge in [-0.3, -0.25) is 4.79 Å². The van der Waals surface area contributed by atoms with Crippen molar-refractivity contribution in [3.63, 3.8) is 0 Å². The fourth-order valence-electron chi connectivity index (χ4n) is 5.98. The van der Waals surface area contributed by atoms with E-state index < -0.39 is 5.91 Å². The number of nitrogens with zero attached hydrogens (tertiary/aromatic N) is 1. The van der Waals surface area contributed by atoms with Gasteiger partial charge in [0.25, 0.3) is 5.91 Å². The molecule has 4 aliphatic carbocycles. The van der Waals surface area contributed by atoms with Crippen LogP contribution < -0.4 is 10.6 Å². The third-order valence-corrected chi connectivity index (χ3v) is 6.97. The number of hydrogen-bond acceptors (Lipinski definition) is 4. The summed E-state index contributed by atoms with van der Waals surface area (Å²) in [5, 5.41) is 24.8. The topological polar surface area (TPSA) is 85.2 Å². The molecule has 0 heterocycles. The van der Waals surface area contributed by atoms with Gasteiger partial charge in [-0.2, -0.15) is 5.26 Å². The molecule has 5 nitrogen and oxygen atoms in total. The van der Waals surface area contributed by atoms with Gasteiger partial charge in [-0.15, -0.1) is 0 Å². The Morgan fingerprint density at radius 2 is 1.74 bits per heavy atom. The molecule has 5 rings (SSSR count). The highest BCUT2D eigenvalue weighted by atomic mass is 16.3. The van der Waals surface area contributed by atoms with Gasteiger partial charge in [-0.1, -0.05) is 0 Å². The molecule has 27 heavy (non-hydrogen) atoms. The average Bonchev–Trinajstić information content (AvgIpc) is 2.63. The molecule has 0 saturated heterocycles. The van der Waals surface area contributed by atoms with Crippen molar-refractivity contribution in [3.8, 4) is 11.8 Å². The first kappa shape index (κ1) is 17.9. The van der Waals surface area contributed by atoms with Gasteiger partial charge in [0.15, 0.2) is 0 Å². The number of anilines is 1. The number of phenolic OH excluding ortho intramolecular Hbond substituents is 1. The quantitative estimate of drug-likeness (QED) is 0.419. The van der Waals surface area contributed by atoms with Crippen molar-refractivity contribution in [1.82, 2.24) is 5.32 Å². The number of benzene rings is 1. The second-order valence-corrected chi connectivity index (χ2v) is 8.84. The van der Waals surface area contributed by atoms with E-state index in [0.29, 0.717) is 11.1 Å². The third-order valence-electron chi connectivity index (χ3n) is 6.97. The van der Waals surface area contributed by atoms with Crippen LogP contribution in [0.3, 0.4) is 0 Å². The van der Waals surface area contributed by atoms with E-state index in [2.05, 4.69) is 17.6 Å². The summed E-state index contributed by atoms with van der Waals surface area (Å²) in [4.78, 5) is 12.4. The van der Waals surface area contributed by atoms with Gasteiger partial charge in [0.05, 0.1) is 0 Å². The molecule has 1 unspecified atom stereocenters. The lowest BCUT2D eigenvalue weighted by Crippen LogP contribution is -2.54. The van der Waals surface area contributed by atoms with Crippen LogP contribution >= 0.6 is 0 Å². The van der Waals surface area contributed by atoms with E-state index in [0.717, 1.165) is 17.8 Å². The molecule has 3 N–H and O–H groups in total. The summed E-state index contributed by atoms with van der Waals surface area (Å²) in [5.41, 5.74) is 0.937. The lowest BCUT2D eigenvalue weighted by molar-refractivity contribution is -0.112. The molecule has 0 spiro atoms. The zero-order valence-corrected chi connectivity index (χ0v) is 15.7. The van der Waals surface area contributed by atoms with E-state index >= 15 is 0 Å². The third kappa shape index (κ3) is 3.53. The Kier molecular flexibility index (Phi) is 4.59. The van der Waals surface area contributed by atoms with E-state index in [4.69, 9.17) is 0 Å². The molecule has 1 aromatic carbocycles. The second kappa shape index (κ2) is 6.92. The van der Waals surface area contributed by atoms with E-state index in [1.54, 1.807) is 18.3 Å². The number of aromatic hydroxyl groups is 1. The average molecular weight is 365 g/mol. The van der Waals surface area contributed by atoms with Crippen LogP contribution in [0.5, 0.6) is 5.75 Å². The molecule has 1 amide bonds. The predicted octanol–water partition coefficient (Wildman–Crippen LogP) is 3.93. The summed E-state index contributed by atoms with van der Waals surface area (Å²) in [6.45, 7) is 2.20. The Morgan fingerprint density at radius 1 is 1.19 bits per heavy atom. The highest BCUT2D eigenvalue weighted by Crippen LogP contribution is 2.61. The summed E-state index contributed by atoms with van der Waals surface area (Å²) in [5.74, 6) is 2.32. The molecule has 4 aliphatic rings. The number of phenols is 1. The minimum absolute atomic E-state index is 0.0691. The molecule has 4 fully saturated rings. The first-order valence-corrected chi connectivity index (χ1v) is 9.94.